The van der Waals surface area contributed by atoms with Gasteiger partial charge in [-0.25, -0.2) is 9.59 Å². The fourth-order valence-electron chi connectivity index (χ4n) is 2.19. The highest BCUT2D eigenvalue weighted by Gasteiger charge is 2.26. The van der Waals surface area contributed by atoms with Gasteiger partial charge in [0.05, 0.1) is 20.8 Å². The van der Waals surface area contributed by atoms with Gasteiger partial charge in [-0.3, -0.25) is 0 Å². The van der Waals surface area contributed by atoms with Crippen LogP contribution in [0.25, 0.3) is 0 Å². The first kappa shape index (κ1) is 20.5. The van der Waals surface area contributed by atoms with E-state index in [1.165, 1.54) is 26.5 Å². The fourth-order valence-corrected chi connectivity index (χ4v) is 2.19. The van der Waals surface area contributed by atoms with Crippen LogP contribution in [0.3, 0.4) is 0 Å². The number of urea groups is 1. The summed E-state index contributed by atoms with van der Waals surface area (Å²) in [6.45, 7) is 6.36. The first-order chi connectivity index (χ1) is 11.7. The van der Waals surface area contributed by atoms with Crippen molar-refractivity contribution in [2.75, 3.05) is 33.3 Å². The molecule has 7 nitrogen and oxygen atoms in total. The van der Waals surface area contributed by atoms with Gasteiger partial charge in [0, 0.05) is 24.6 Å². The summed E-state index contributed by atoms with van der Waals surface area (Å²) in [7, 11) is 4.35. The molecule has 0 bridgehead atoms. The van der Waals surface area contributed by atoms with Crippen molar-refractivity contribution < 1.29 is 23.8 Å². The lowest BCUT2D eigenvalue weighted by Crippen LogP contribution is -2.25. The van der Waals surface area contributed by atoms with Crippen molar-refractivity contribution in [1.82, 2.24) is 5.32 Å². The predicted octanol–water partition coefficient (Wildman–Crippen LogP) is 3.06. The van der Waals surface area contributed by atoms with Crippen LogP contribution in [0.5, 0.6) is 5.75 Å². The Kier molecular flexibility index (Phi) is 7.44. The number of hydrogen-bond donors (Lipinski definition) is 2. The van der Waals surface area contributed by atoms with Crippen LogP contribution in [0.1, 0.15) is 36.7 Å². The number of hydrogen-bond acceptors (Lipinski definition) is 5. The number of rotatable bonds is 6. The minimum atomic E-state index is -0.536. The lowest BCUT2D eigenvalue weighted by molar-refractivity contribution is 0.0596. The molecule has 2 amide bonds. The largest absolute Gasteiger partial charge is 0.496 e. The van der Waals surface area contributed by atoms with E-state index in [1.807, 2.05) is 20.8 Å². The lowest BCUT2D eigenvalue weighted by atomic mass is 9.84. The van der Waals surface area contributed by atoms with Crippen LogP contribution in [0.2, 0.25) is 0 Å². The molecule has 0 aliphatic rings. The Balaban J connectivity index is 3.19. The van der Waals surface area contributed by atoms with Gasteiger partial charge in [0.1, 0.15) is 11.3 Å². The fraction of sp³-hybridized carbons (Fsp3) is 0.444. The van der Waals surface area contributed by atoms with E-state index < -0.39 is 12.0 Å². The standard InChI is InChI=1S/C18H26N2O5/c1-18(2,3)14-11-12(20-17(22)19-8-7-9-23-4)10-13(15(14)24-5)16(21)25-6/h7-8,10-11H,9H2,1-6H3,(H2,19,20,22)/b8-7+. The number of carbonyl (C=O) groups is 2. The Morgan fingerprint density at radius 3 is 2.36 bits per heavy atom. The van der Waals surface area contributed by atoms with Gasteiger partial charge < -0.3 is 24.8 Å². The Hall–Kier alpha value is -2.54. The monoisotopic (exact) mass is 350 g/mol. The van der Waals surface area contributed by atoms with Crippen LogP contribution in [0, 0.1) is 0 Å². The van der Waals surface area contributed by atoms with Crippen molar-refractivity contribution in [2.24, 2.45) is 0 Å². The van der Waals surface area contributed by atoms with Gasteiger partial charge in [-0.2, -0.15) is 0 Å². The number of nitrogens with one attached hydrogen (secondary N) is 2. The van der Waals surface area contributed by atoms with Gasteiger partial charge in [0.15, 0.2) is 0 Å². The van der Waals surface area contributed by atoms with Crippen molar-refractivity contribution in [3.63, 3.8) is 0 Å². The minimum absolute atomic E-state index is 0.252. The van der Waals surface area contributed by atoms with Crippen molar-refractivity contribution >= 4 is 17.7 Å². The van der Waals surface area contributed by atoms with E-state index in [1.54, 1.807) is 19.3 Å². The maximum Gasteiger partial charge on any atom is 0.341 e. The molecule has 1 aromatic rings. The Labute approximate surface area is 148 Å². The predicted molar refractivity (Wildman–Crippen MR) is 96.2 cm³/mol. The molecule has 138 valence electrons. The molecule has 1 rings (SSSR count). The minimum Gasteiger partial charge on any atom is -0.496 e. The zero-order valence-electron chi connectivity index (χ0n) is 15.6. The number of ether oxygens (including phenoxy) is 3. The summed E-state index contributed by atoms with van der Waals surface area (Å²) < 4.78 is 15.1. The molecule has 0 aliphatic carbocycles. The van der Waals surface area contributed by atoms with Gasteiger partial charge in [0.25, 0.3) is 0 Å². The van der Waals surface area contributed by atoms with Crippen LogP contribution in [-0.4, -0.2) is 39.9 Å². The molecule has 0 spiro atoms. The van der Waals surface area contributed by atoms with E-state index in [0.717, 1.165) is 5.56 Å². The van der Waals surface area contributed by atoms with Crippen molar-refractivity contribution in [2.45, 2.75) is 26.2 Å². The van der Waals surface area contributed by atoms with E-state index in [9.17, 15) is 9.59 Å². The lowest BCUT2D eigenvalue weighted by Gasteiger charge is -2.24. The highest BCUT2D eigenvalue weighted by Crippen LogP contribution is 2.37. The topological polar surface area (TPSA) is 85.9 Å². The van der Waals surface area contributed by atoms with Gasteiger partial charge in [-0.1, -0.05) is 20.8 Å². The number of amides is 2. The molecule has 0 heterocycles. The SMILES string of the molecule is COC/C=C/NC(=O)Nc1cc(C(=O)OC)c(OC)c(C(C)(C)C)c1. The smallest absolute Gasteiger partial charge is 0.341 e. The molecule has 25 heavy (non-hydrogen) atoms. The van der Waals surface area contributed by atoms with Crippen LogP contribution < -0.4 is 15.4 Å². The first-order valence-electron chi connectivity index (χ1n) is 7.76. The maximum atomic E-state index is 12.1. The van der Waals surface area contributed by atoms with Gasteiger partial charge in [0.2, 0.25) is 0 Å². The molecule has 1 aromatic carbocycles. The highest BCUT2D eigenvalue weighted by atomic mass is 16.5. The molecule has 7 heteroatoms. The number of anilines is 1. The second-order valence-electron chi connectivity index (χ2n) is 6.30. The summed E-state index contributed by atoms with van der Waals surface area (Å²) in [5, 5.41) is 5.25. The van der Waals surface area contributed by atoms with E-state index in [0.29, 0.717) is 18.0 Å². The molecule has 0 saturated heterocycles. The van der Waals surface area contributed by atoms with E-state index >= 15 is 0 Å². The zero-order chi connectivity index (χ0) is 19.0. The molecule has 0 aromatic heterocycles. The summed E-state index contributed by atoms with van der Waals surface area (Å²) in [4.78, 5) is 24.1. The summed E-state index contributed by atoms with van der Waals surface area (Å²) >= 11 is 0. The average Bonchev–Trinajstić information content (AvgIpc) is 2.56. The average molecular weight is 350 g/mol. The summed E-state index contributed by atoms with van der Waals surface area (Å²) in [5.41, 5.74) is 1.19. The maximum absolute atomic E-state index is 12.1. The second kappa shape index (κ2) is 9.08. The number of benzene rings is 1. The van der Waals surface area contributed by atoms with Crippen LogP contribution in [-0.2, 0) is 14.9 Å². The third-order valence-corrected chi connectivity index (χ3v) is 3.36. The summed E-state index contributed by atoms with van der Waals surface area (Å²) in [6, 6.07) is 2.87. The quantitative estimate of drug-likeness (QED) is 0.770. The summed E-state index contributed by atoms with van der Waals surface area (Å²) in [6.07, 6.45) is 3.14. The molecule has 0 aliphatic heterocycles. The van der Waals surface area contributed by atoms with Crippen molar-refractivity contribution in [3.05, 3.63) is 35.5 Å². The highest BCUT2D eigenvalue weighted by molar-refractivity contribution is 5.97. The third-order valence-electron chi connectivity index (χ3n) is 3.36. The normalized spacial score (nSPS) is 11.3. The van der Waals surface area contributed by atoms with E-state index in [-0.39, 0.29) is 11.0 Å². The Bertz CT molecular complexity index is 648. The Morgan fingerprint density at radius 1 is 1.16 bits per heavy atom. The molecular formula is C18H26N2O5. The molecule has 0 unspecified atom stereocenters. The van der Waals surface area contributed by atoms with E-state index in [2.05, 4.69) is 10.6 Å². The number of carbonyl (C=O) groups excluding carboxylic acids is 2. The third kappa shape index (κ3) is 5.79. The zero-order valence-corrected chi connectivity index (χ0v) is 15.6. The number of esters is 1. The molecule has 0 radical (unpaired) electrons. The molecule has 0 saturated carbocycles. The van der Waals surface area contributed by atoms with E-state index in [4.69, 9.17) is 14.2 Å². The molecular weight excluding hydrogens is 324 g/mol. The van der Waals surface area contributed by atoms with Gasteiger partial charge >= 0.3 is 12.0 Å². The van der Waals surface area contributed by atoms with Crippen LogP contribution in [0.15, 0.2) is 24.4 Å². The second-order valence-corrected chi connectivity index (χ2v) is 6.30. The van der Waals surface area contributed by atoms with Gasteiger partial charge in [-0.05, 0) is 23.6 Å². The summed E-state index contributed by atoms with van der Waals surface area (Å²) in [5.74, 6) is -0.100. The molecule has 0 fully saturated rings. The molecule has 0 atom stereocenters. The van der Waals surface area contributed by atoms with Crippen LogP contribution in [0.4, 0.5) is 10.5 Å². The first-order valence-corrected chi connectivity index (χ1v) is 7.76. The van der Waals surface area contributed by atoms with Crippen LogP contribution >= 0.6 is 0 Å². The number of methoxy groups -OCH3 is 3. The Morgan fingerprint density at radius 2 is 1.84 bits per heavy atom. The van der Waals surface area contributed by atoms with Crippen molar-refractivity contribution in [1.29, 1.82) is 0 Å². The molecule has 2 N–H and O–H groups in total. The van der Waals surface area contributed by atoms with Gasteiger partial charge in [-0.15, -0.1) is 0 Å². The van der Waals surface area contributed by atoms with Crippen molar-refractivity contribution in [3.8, 4) is 5.75 Å².